The van der Waals surface area contributed by atoms with Crippen molar-refractivity contribution < 1.29 is 5.11 Å². The van der Waals surface area contributed by atoms with Gasteiger partial charge in [0.05, 0.1) is 6.10 Å². The average molecular weight is 197 g/mol. The highest BCUT2D eigenvalue weighted by Crippen LogP contribution is 2.27. The van der Waals surface area contributed by atoms with Crippen molar-refractivity contribution >= 4 is 11.3 Å². The Bertz CT molecular complexity index is 260. The van der Waals surface area contributed by atoms with Crippen molar-refractivity contribution in [3.05, 3.63) is 22.4 Å². The molecule has 0 aliphatic carbocycles. The summed E-state index contributed by atoms with van der Waals surface area (Å²) in [5, 5.41) is 11.5. The molecule has 0 bridgehead atoms. The van der Waals surface area contributed by atoms with Crippen LogP contribution in [-0.2, 0) is 0 Å². The van der Waals surface area contributed by atoms with Gasteiger partial charge in [0.2, 0.25) is 0 Å². The molecule has 1 fully saturated rings. The largest absolute Gasteiger partial charge is 0.392 e. The molecule has 2 heterocycles. The third kappa shape index (κ3) is 1.93. The van der Waals surface area contributed by atoms with E-state index in [1.54, 1.807) is 11.3 Å². The first-order chi connectivity index (χ1) is 6.27. The molecule has 2 nitrogen and oxygen atoms in total. The molecule has 1 unspecified atom stereocenters. The Morgan fingerprint density at radius 1 is 1.69 bits per heavy atom. The van der Waals surface area contributed by atoms with Crippen molar-refractivity contribution in [1.82, 2.24) is 4.90 Å². The maximum Gasteiger partial charge on any atom is 0.0679 e. The summed E-state index contributed by atoms with van der Waals surface area (Å²) < 4.78 is 0. The number of hydrogen-bond acceptors (Lipinski definition) is 3. The lowest BCUT2D eigenvalue weighted by molar-refractivity contribution is 0.164. The van der Waals surface area contributed by atoms with Crippen molar-refractivity contribution in [2.45, 2.75) is 25.5 Å². The van der Waals surface area contributed by atoms with Gasteiger partial charge in [0, 0.05) is 24.0 Å². The van der Waals surface area contributed by atoms with Gasteiger partial charge in [0.15, 0.2) is 0 Å². The third-order valence-corrected chi connectivity index (χ3v) is 3.74. The predicted octanol–water partition coefficient (Wildman–Crippen LogP) is 1.88. The summed E-state index contributed by atoms with van der Waals surface area (Å²) in [7, 11) is 0. The fourth-order valence-corrected chi connectivity index (χ4v) is 2.65. The maximum atomic E-state index is 9.41. The first kappa shape index (κ1) is 9.19. The van der Waals surface area contributed by atoms with E-state index < -0.39 is 0 Å². The molecule has 0 radical (unpaired) electrons. The fourth-order valence-electron chi connectivity index (χ4n) is 1.83. The number of nitrogens with zero attached hydrogens (tertiary/aromatic N) is 1. The second-order valence-electron chi connectivity index (χ2n) is 3.63. The van der Waals surface area contributed by atoms with Gasteiger partial charge >= 0.3 is 0 Å². The number of rotatable bonds is 2. The van der Waals surface area contributed by atoms with Crippen LogP contribution in [0, 0.1) is 0 Å². The second kappa shape index (κ2) is 3.78. The summed E-state index contributed by atoms with van der Waals surface area (Å²) in [6, 6.07) is 4.72. The molecule has 72 valence electrons. The van der Waals surface area contributed by atoms with Crippen molar-refractivity contribution in [2.75, 3.05) is 13.1 Å². The van der Waals surface area contributed by atoms with Crippen LogP contribution >= 0.6 is 11.3 Å². The average Bonchev–Trinajstić information content (AvgIpc) is 2.72. The highest BCUT2D eigenvalue weighted by atomic mass is 32.1. The lowest BCUT2D eigenvalue weighted by Crippen LogP contribution is -2.24. The van der Waals surface area contributed by atoms with Gasteiger partial charge in [-0.25, -0.2) is 0 Å². The number of likely N-dealkylation sites (tertiary alicyclic amines) is 1. The molecular formula is C10H15NOS. The summed E-state index contributed by atoms with van der Waals surface area (Å²) in [4.78, 5) is 3.74. The molecule has 2 rings (SSSR count). The molecule has 0 amide bonds. The third-order valence-electron chi connectivity index (χ3n) is 2.70. The van der Waals surface area contributed by atoms with Crippen molar-refractivity contribution in [3.8, 4) is 0 Å². The van der Waals surface area contributed by atoms with E-state index in [4.69, 9.17) is 0 Å². The van der Waals surface area contributed by atoms with Crippen LogP contribution < -0.4 is 0 Å². The number of aliphatic hydroxyl groups excluding tert-OH is 1. The normalized spacial score (nSPS) is 26.5. The molecule has 3 heteroatoms. The summed E-state index contributed by atoms with van der Waals surface area (Å²) in [5.74, 6) is 0. The SMILES string of the molecule is CC(c1cccs1)N1CC[C@@H](O)C1. The molecular weight excluding hydrogens is 182 g/mol. The van der Waals surface area contributed by atoms with Gasteiger partial charge in [-0.15, -0.1) is 11.3 Å². The number of hydrogen-bond donors (Lipinski definition) is 1. The van der Waals surface area contributed by atoms with E-state index in [2.05, 4.69) is 29.3 Å². The predicted molar refractivity (Wildman–Crippen MR) is 54.9 cm³/mol. The van der Waals surface area contributed by atoms with Gasteiger partial charge in [-0.1, -0.05) is 6.07 Å². The lowest BCUT2D eigenvalue weighted by Gasteiger charge is -2.22. The van der Waals surface area contributed by atoms with E-state index in [-0.39, 0.29) is 6.10 Å². The highest BCUT2D eigenvalue weighted by Gasteiger charge is 2.25. The van der Waals surface area contributed by atoms with Crippen molar-refractivity contribution in [3.63, 3.8) is 0 Å². The van der Waals surface area contributed by atoms with E-state index >= 15 is 0 Å². The first-order valence-corrected chi connectivity index (χ1v) is 5.61. The molecule has 13 heavy (non-hydrogen) atoms. The number of thiophene rings is 1. The van der Waals surface area contributed by atoms with Crippen molar-refractivity contribution in [2.24, 2.45) is 0 Å². The minimum absolute atomic E-state index is 0.109. The molecule has 1 aliphatic rings. The zero-order valence-corrected chi connectivity index (χ0v) is 8.63. The van der Waals surface area contributed by atoms with Crippen LogP contribution in [0.15, 0.2) is 17.5 Å². The summed E-state index contributed by atoms with van der Waals surface area (Å²) in [6.07, 6.45) is 0.817. The monoisotopic (exact) mass is 197 g/mol. The van der Waals surface area contributed by atoms with Gasteiger partial charge in [-0.3, -0.25) is 4.90 Å². The summed E-state index contributed by atoms with van der Waals surface area (Å²) in [6.45, 7) is 4.07. The smallest absolute Gasteiger partial charge is 0.0679 e. The summed E-state index contributed by atoms with van der Waals surface area (Å²) in [5.41, 5.74) is 0. The quantitative estimate of drug-likeness (QED) is 0.782. The van der Waals surface area contributed by atoms with E-state index in [9.17, 15) is 5.11 Å². The van der Waals surface area contributed by atoms with Crippen LogP contribution in [-0.4, -0.2) is 29.2 Å². The second-order valence-corrected chi connectivity index (χ2v) is 4.61. The maximum absolute atomic E-state index is 9.41. The van der Waals surface area contributed by atoms with Crippen molar-refractivity contribution in [1.29, 1.82) is 0 Å². The topological polar surface area (TPSA) is 23.5 Å². The van der Waals surface area contributed by atoms with Crippen LogP contribution in [0.5, 0.6) is 0 Å². The lowest BCUT2D eigenvalue weighted by atomic mass is 10.2. The van der Waals surface area contributed by atoms with E-state index in [1.165, 1.54) is 4.88 Å². The van der Waals surface area contributed by atoms with Crippen LogP contribution in [0.3, 0.4) is 0 Å². The van der Waals surface area contributed by atoms with Gasteiger partial charge in [0.25, 0.3) is 0 Å². The van der Waals surface area contributed by atoms with E-state index in [0.717, 1.165) is 19.5 Å². The molecule has 1 saturated heterocycles. The Morgan fingerprint density at radius 2 is 2.54 bits per heavy atom. The van der Waals surface area contributed by atoms with E-state index in [0.29, 0.717) is 6.04 Å². The van der Waals surface area contributed by atoms with Gasteiger partial charge in [-0.05, 0) is 24.8 Å². The molecule has 1 aromatic rings. The Hall–Kier alpha value is -0.380. The van der Waals surface area contributed by atoms with Crippen LogP contribution in [0.25, 0.3) is 0 Å². The summed E-state index contributed by atoms with van der Waals surface area (Å²) >= 11 is 1.80. The molecule has 0 spiro atoms. The first-order valence-electron chi connectivity index (χ1n) is 4.73. The minimum Gasteiger partial charge on any atom is -0.392 e. The van der Waals surface area contributed by atoms with Crippen LogP contribution in [0.2, 0.25) is 0 Å². The Kier molecular flexibility index (Phi) is 2.67. The molecule has 0 aromatic carbocycles. The molecule has 0 saturated carbocycles. The number of aliphatic hydroxyl groups is 1. The molecule has 1 aromatic heterocycles. The molecule has 1 aliphatic heterocycles. The van der Waals surface area contributed by atoms with Crippen LogP contribution in [0.1, 0.15) is 24.3 Å². The minimum atomic E-state index is -0.109. The zero-order chi connectivity index (χ0) is 9.26. The standard InChI is InChI=1S/C10H15NOS/c1-8(10-3-2-6-13-10)11-5-4-9(12)7-11/h2-3,6,8-9,12H,4-5,7H2,1H3/t8?,9-/m1/s1. The van der Waals surface area contributed by atoms with Crippen LogP contribution in [0.4, 0.5) is 0 Å². The number of β-amino-alcohol motifs (C(OH)–C–C–N with tert-alkyl or cyclic N) is 1. The molecule has 2 atom stereocenters. The zero-order valence-electron chi connectivity index (χ0n) is 7.81. The Balaban J connectivity index is 2.02. The van der Waals surface area contributed by atoms with Gasteiger partial charge in [0.1, 0.15) is 0 Å². The Morgan fingerprint density at radius 3 is 3.08 bits per heavy atom. The van der Waals surface area contributed by atoms with E-state index in [1.807, 2.05) is 0 Å². The fraction of sp³-hybridized carbons (Fsp3) is 0.600. The van der Waals surface area contributed by atoms with Gasteiger partial charge in [-0.2, -0.15) is 0 Å². The molecule has 1 N–H and O–H groups in total. The highest BCUT2D eigenvalue weighted by molar-refractivity contribution is 7.10. The Labute approximate surface area is 82.8 Å². The van der Waals surface area contributed by atoms with Gasteiger partial charge < -0.3 is 5.11 Å².